The molecule has 0 aromatic rings. The lowest BCUT2D eigenvalue weighted by Crippen LogP contribution is -2.51. The summed E-state index contributed by atoms with van der Waals surface area (Å²) in [6.45, 7) is 8.80. The van der Waals surface area contributed by atoms with Gasteiger partial charge in [0.2, 0.25) is 5.91 Å². The predicted molar refractivity (Wildman–Crippen MR) is 87.1 cm³/mol. The molecule has 5 heteroatoms. The molecule has 1 saturated heterocycles. The number of piperazine rings is 1. The van der Waals surface area contributed by atoms with E-state index >= 15 is 0 Å². The summed E-state index contributed by atoms with van der Waals surface area (Å²) in [5, 5.41) is 0. The van der Waals surface area contributed by atoms with Gasteiger partial charge in [0.25, 0.3) is 0 Å². The molecule has 2 aliphatic rings. The van der Waals surface area contributed by atoms with Gasteiger partial charge in [0.1, 0.15) is 0 Å². The Bertz CT molecular complexity index is 500. The predicted octanol–water partition coefficient (Wildman–Crippen LogP) is 2.15. The van der Waals surface area contributed by atoms with Gasteiger partial charge in [-0.15, -0.1) is 0 Å². The molecule has 1 fully saturated rings. The summed E-state index contributed by atoms with van der Waals surface area (Å²) in [5.41, 5.74) is 6.79. The van der Waals surface area contributed by atoms with Gasteiger partial charge >= 0.3 is 6.03 Å². The van der Waals surface area contributed by atoms with Gasteiger partial charge in [0.15, 0.2) is 0 Å². The molecular formula is C17H27N3O2. The van der Waals surface area contributed by atoms with Crippen LogP contribution in [0.25, 0.3) is 0 Å². The van der Waals surface area contributed by atoms with Gasteiger partial charge in [-0.2, -0.15) is 0 Å². The number of primary amides is 1. The molecule has 0 spiro atoms. The first-order chi connectivity index (χ1) is 10.3. The lowest BCUT2D eigenvalue weighted by atomic mass is 9.68. The SMILES string of the molecule is CC1=CCCC(C)(C)C1/C=C/C(=O)N1CCN(C(N)=O)CC1. The molecule has 3 amide bonds. The van der Waals surface area contributed by atoms with Crippen LogP contribution in [-0.2, 0) is 4.79 Å². The van der Waals surface area contributed by atoms with E-state index in [0.717, 1.165) is 12.8 Å². The van der Waals surface area contributed by atoms with Crippen LogP contribution in [0.15, 0.2) is 23.8 Å². The molecular weight excluding hydrogens is 278 g/mol. The lowest BCUT2D eigenvalue weighted by molar-refractivity contribution is -0.127. The summed E-state index contributed by atoms with van der Waals surface area (Å²) in [7, 11) is 0. The summed E-state index contributed by atoms with van der Waals surface area (Å²) in [4.78, 5) is 26.8. The van der Waals surface area contributed by atoms with E-state index in [2.05, 4.69) is 26.8 Å². The third kappa shape index (κ3) is 3.70. The van der Waals surface area contributed by atoms with Gasteiger partial charge < -0.3 is 15.5 Å². The van der Waals surface area contributed by atoms with Crippen LogP contribution in [0.1, 0.15) is 33.6 Å². The van der Waals surface area contributed by atoms with Gasteiger partial charge in [-0.25, -0.2) is 4.79 Å². The average molecular weight is 305 g/mol. The van der Waals surface area contributed by atoms with Crippen LogP contribution in [0, 0.1) is 11.3 Å². The zero-order valence-corrected chi connectivity index (χ0v) is 13.8. The highest BCUT2D eigenvalue weighted by Gasteiger charge is 2.31. The summed E-state index contributed by atoms with van der Waals surface area (Å²) < 4.78 is 0. The number of urea groups is 1. The highest BCUT2D eigenvalue weighted by Crippen LogP contribution is 2.41. The fraction of sp³-hybridized carbons (Fsp3) is 0.647. The number of rotatable bonds is 2. The lowest BCUT2D eigenvalue weighted by Gasteiger charge is -2.37. The van der Waals surface area contributed by atoms with Crippen molar-refractivity contribution in [2.75, 3.05) is 26.2 Å². The second-order valence-electron chi connectivity index (χ2n) is 6.96. The highest BCUT2D eigenvalue weighted by molar-refractivity contribution is 5.88. The van der Waals surface area contributed by atoms with E-state index < -0.39 is 6.03 Å². The van der Waals surface area contributed by atoms with Gasteiger partial charge in [0, 0.05) is 32.1 Å². The third-order valence-corrected chi connectivity index (χ3v) is 4.92. The Morgan fingerprint density at radius 3 is 2.36 bits per heavy atom. The Hall–Kier alpha value is -1.78. The molecule has 1 unspecified atom stereocenters. The molecule has 122 valence electrons. The average Bonchev–Trinajstić information content (AvgIpc) is 2.46. The standard InChI is InChI=1S/C17H27N3O2/c1-13-5-4-8-17(2,3)14(13)6-7-15(21)19-9-11-20(12-10-19)16(18)22/h5-7,14H,4,8-12H2,1-3H3,(H2,18,22)/b7-6+. The molecule has 1 aliphatic carbocycles. The van der Waals surface area contributed by atoms with Crippen molar-refractivity contribution in [3.8, 4) is 0 Å². The van der Waals surface area contributed by atoms with E-state index in [1.54, 1.807) is 15.9 Å². The molecule has 2 rings (SSSR count). The van der Waals surface area contributed by atoms with E-state index in [-0.39, 0.29) is 11.3 Å². The zero-order valence-electron chi connectivity index (χ0n) is 13.8. The van der Waals surface area contributed by atoms with Crippen LogP contribution in [0.4, 0.5) is 4.79 Å². The normalized spacial score (nSPS) is 25.2. The molecule has 1 aliphatic heterocycles. The number of nitrogens with two attached hydrogens (primary N) is 1. The third-order valence-electron chi connectivity index (χ3n) is 4.92. The smallest absolute Gasteiger partial charge is 0.314 e. The molecule has 0 saturated carbocycles. The van der Waals surface area contributed by atoms with Crippen molar-refractivity contribution in [3.05, 3.63) is 23.8 Å². The Morgan fingerprint density at radius 2 is 1.82 bits per heavy atom. The molecule has 1 heterocycles. The van der Waals surface area contributed by atoms with Crippen molar-refractivity contribution in [3.63, 3.8) is 0 Å². The van der Waals surface area contributed by atoms with Crippen LogP contribution in [-0.4, -0.2) is 47.9 Å². The first kappa shape index (κ1) is 16.6. The number of carbonyl (C=O) groups excluding carboxylic acids is 2. The maximum absolute atomic E-state index is 12.3. The summed E-state index contributed by atoms with van der Waals surface area (Å²) in [5.74, 6) is 0.343. The van der Waals surface area contributed by atoms with Crippen LogP contribution in [0.2, 0.25) is 0 Å². The Kier molecular flexibility index (Phi) is 4.94. The van der Waals surface area contributed by atoms with Crippen molar-refractivity contribution in [1.29, 1.82) is 0 Å². The first-order valence-electron chi connectivity index (χ1n) is 7.99. The maximum Gasteiger partial charge on any atom is 0.314 e. The number of allylic oxidation sites excluding steroid dienone is 3. The Morgan fingerprint density at radius 1 is 1.23 bits per heavy atom. The Labute approximate surface area is 132 Å². The van der Waals surface area contributed by atoms with Gasteiger partial charge in [0.05, 0.1) is 0 Å². The fourth-order valence-electron chi connectivity index (χ4n) is 3.41. The topological polar surface area (TPSA) is 66.6 Å². The van der Waals surface area contributed by atoms with Crippen LogP contribution in [0.5, 0.6) is 0 Å². The summed E-state index contributed by atoms with van der Waals surface area (Å²) in [6, 6.07) is -0.410. The molecule has 1 atom stereocenters. The number of nitrogens with zero attached hydrogens (tertiary/aromatic N) is 2. The van der Waals surface area contributed by atoms with E-state index in [1.165, 1.54) is 5.57 Å². The number of amides is 3. The van der Waals surface area contributed by atoms with Gasteiger partial charge in [-0.05, 0) is 31.3 Å². The van der Waals surface area contributed by atoms with Gasteiger partial charge in [-0.1, -0.05) is 31.6 Å². The van der Waals surface area contributed by atoms with Crippen molar-refractivity contribution in [2.45, 2.75) is 33.6 Å². The van der Waals surface area contributed by atoms with E-state index in [1.807, 2.05) is 6.08 Å². The quantitative estimate of drug-likeness (QED) is 0.627. The highest BCUT2D eigenvalue weighted by atomic mass is 16.2. The number of hydrogen-bond acceptors (Lipinski definition) is 2. The second-order valence-corrected chi connectivity index (χ2v) is 6.96. The van der Waals surface area contributed by atoms with Crippen LogP contribution < -0.4 is 5.73 Å². The maximum atomic E-state index is 12.3. The molecule has 0 bridgehead atoms. The molecule has 0 radical (unpaired) electrons. The largest absolute Gasteiger partial charge is 0.351 e. The minimum Gasteiger partial charge on any atom is -0.351 e. The molecule has 5 nitrogen and oxygen atoms in total. The number of carbonyl (C=O) groups is 2. The zero-order chi connectivity index (χ0) is 16.3. The summed E-state index contributed by atoms with van der Waals surface area (Å²) >= 11 is 0. The van der Waals surface area contributed by atoms with Crippen LogP contribution in [0.3, 0.4) is 0 Å². The molecule has 2 N–H and O–H groups in total. The second kappa shape index (κ2) is 6.55. The minimum absolute atomic E-state index is 0.0262. The van der Waals surface area contributed by atoms with Gasteiger partial charge in [-0.3, -0.25) is 4.79 Å². The molecule has 22 heavy (non-hydrogen) atoms. The van der Waals surface area contributed by atoms with E-state index in [9.17, 15) is 9.59 Å². The first-order valence-corrected chi connectivity index (χ1v) is 7.99. The molecule has 0 aromatic heterocycles. The van der Waals surface area contributed by atoms with Crippen molar-refractivity contribution in [2.24, 2.45) is 17.1 Å². The monoisotopic (exact) mass is 305 g/mol. The molecule has 0 aromatic carbocycles. The van der Waals surface area contributed by atoms with E-state index in [0.29, 0.717) is 32.1 Å². The van der Waals surface area contributed by atoms with E-state index in [4.69, 9.17) is 5.73 Å². The number of hydrogen-bond donors (Lipinski definition) is 1. The van der Waals surface area contributed by atoms with Crippen molar-refractivity contribution < 1.29 is 9.59 Å². The summed E-state index contributed by atoms with van der Waals surface area (Å²) in [6.07, 6.45) is 8.29. The fourth-order valence-corrected chi connectivity index (χ4v) is 3.41. The van der Waals surface area contributed by atoms with Crippen LogP contribution >= 0.6 is 0 Å². The van der Waals surface area contributed by atoms with Crippen molar-refractivity contribution in [1.82, 2.24) is 9.80 Å². The van der Waals surface area contributed by atoms with Crippen molar-refractivity contribution >= 4 is 11.9 Å². The Balaban J connectivity index is 1.96. The minimum atomic E-state index is -0.410.